The third-order valence-corrected chi connectivity index (χ3v) is 12.5. The molecular formula is C58H43N5O. The Morgan fingerprint density at radius 1 is 0.469 bits per heavy atom. The van der Waals surface area contributed by atoms with Crippen molar-refractivity contribution in [3.05, 3.63) is 218 Å². The largest absolute Gasteiger partial charge is 0.458 e. The molecule has 6 nitrogen and oxygen atoms in total. The highest BCUT2D eigenvalue weighted by molar-refractivity contribution is 6.10. The molecule has 12 rings (SSSR count). The van der Waals surface area contributed by atoms with Gasteiger partial charge in [-0.05, 0) is 88.8 Å². The van der Waals surface area contributed by atoms with Crippen molar-refractivity contribution < 1.29 is 9.30 Å². The SMILES string of the molecule is CC(C)(C)c1cc(-n2c3ccccc3c3ccccc32)nc(-n2c3ccccc3c3ccc(Oc4cccc(-n5[c-][n+](-c6ccccc6-c6ccccc6)c6ccccc65)c4)cc32)c1. The molecule has 0 unspecified atom stereocenters. The molecule has 4 aromatic heterocycles. The zero-order valence-electron chi connectivity index (χ0n) is 35.8. The lowest BCUT2D eigenvalue weighted by Gasteiger charge is -2.22. The maximum Gasteiger partial charge on any atom is 0.269 e. The second-order valence-electron chi connectivity index (χ2n) is 17.5. The number of para-hydroxylation sites is 6. The van der Waals surface area contributed by atoms with Gasteiger partial charge in [-0.25, -0.2) is 4.98 Å². The second kappa shape index (κ2) is 14.7. The van der Waals surface area contributed by atoms with Gasteiger partial charge in [0.1, 0.15) is 23.1 Å². The topological polar surface area (TPSA) is 40.8 Å². The molecule has 8 aromatic carbocycles. The first-order chi connectivity index (χ1) is 31.4. The number of rotatable bonds is 7. The third-order valence-electron chi connectivity index (χ3n) is 12.5. The van der Waals surface area contributed by atoms with Crippen LogP contribution in [0.25, 0.3) is 88.8 Å². The zero-order chi connectivity index (χ0) is 42.9. The number of imidazole rings is 1. The summed E-state index contributed by atoms with van der Waals surface area (Å²) in [7, 11) is 0. The Bertz CT molecular complexity index is 3700. The van der Waals surface area contributed by atoms with E-state index < -0.39 is 0 Å². The Hall–Kier alpha value is -8.22. The van der Waals surface area contributed by atoms with E-state index in [4.69, 9.17) is 9.72 Å². The standard InChI is InChI=1S/C58H43N5O/c1-58(2,3)40-34-56(62-50-27-12-8-23-45(50)46-24-9-13-28-51(46)62)59-57(35-40)63-52-29-14-10-25-47(52)48-33-32-43(37-55(48)63)64-42-21-17-20-41(36-42)60-38-61(54-31-16-15-30-53(54)60)49-26-11-7-22-44(49)39-18-5-4-6-19-39/h4-37H,1-3H3. The predicted molar refractivity (Wildman–Crippen MR) is 261 cm³/mol. The van der Waals surface area contributed by atoms with E-state index in [-0.39, 0.29) is 5.41 Å². The molecule has 12 aromatic rings. The van der Waals surface area contributed by atoms with Crippen molar-refractivity contribution in [3.8, 4) is 45.6 Å². The molecule has 0 fully saturated rings. The van der Waals surface area contributed by atoms with E-state index in [9.17, 15) is 0 Å². The molecule has 0 atom stereocenters. The third kappa shape index (κ3) is 6.17. The van der Waals surface area contributed by atoms with Gasteiger partial charge in [0, 0.05) is 27.6 Å². The molecule has 64 heavy (non-hydrogen) atoms. The fourth-order valence-corrected chi connectivity index (χ4v) is 9.38. The van der Waals surface area contributed by atoms with Crippen molar-refractivity contribution in [1.82, 2.24) is 18.7 Å². The number of benzene rings is 8. The summed E-state index contributed by atoms with van der Waals surface area (Å²) in [5, 5.41) is 4.71. The molecule has 0 spiro atoms. The van der Waals surface area contributed by atoms with E-state index in [1.165, 1.54) is 16.3 Å². The smallest absolute Gasteiger partial charge is 0.269 e. The summed E-state index contributed by atoms with van der Waals surface area (Å²) in [4.78, 5) is 5.54. The molecule has 0 N–H and O–H groups in total. The van der Waals surface area contributed by atoms with E-state index in [1.54, 1.807) is 0 Å². The minimum Gasteiger partial charge on any atom is -0.458 e. The van der Waals surface area contributed by atoms with Crippen LogP contribution in [0.15, 0.2) is 206 Å². The van der Waals surface area contributed by atoms with Crippen LogP contribution < -0.4 is 9.30 Å². The summed E-state index contributed by atoms with van der Waals surface area (Å²) in [6.45, 7) is 6.81. The van der Waals surface area contributed by atoms with Gasteiger partial charge in [-0.15, -0.1) is 0 Å². The molecule has 0 aliphatic rings. The van der Waals surface area contributed by atoms with Crippen molar-refractivity contribution in [2.24, 2.45) is 0 Å². The first-order valence-electron chi connectivity index (χ1n) is 21.8. The van der Waals surface area contributed by atoms with E-state index >= 15 is 0 Å². The fraction of sp³-hybridized carbons (Fsp3) is 0.0690. The quantitative estimate of drug-likeness (QED) is 0.119. The summed E-state index contributed by atoms with van der Waals surface area (Å²) in [5.74, 6) is 3.20. The summed E-state index contributed by atoms with van der Waals surface area (Å²) >= 11 is 0. The van der Waals surface area contributed by atoms with Gasteiger partial charge in [-0.2, -0.15) is 0 Å². The van der Waals surface area contributed by atoms with E-state index in [2.05, 4.69) is 239 Å². The molecule has 0 saturated heterocycles. The van der Waals surface area contributed by atoms with Gasteiger partial charge < -0.3 is 4.74 Å². The number of hydrogen-bond donors (Lipinski definition) is 0. The summed E-state index contributed by atoms with van der Waals surface area (Å²) in [5.41, 5.74) is 11.8. The molecule has 0 aliphatic carbocycles. The molecule has 306 valence electrons. The summed E-state index contributed by atoms with van der Waals surface area (Å²) < 4.78 is 15.7. The number of aromatic nitrogens is 5. The van der Waals surface area contributed by atoms with Gasteiger partial charge in [0.2, 0.25) is 0 Å². The first-order valence-corrected chi connectivity index (χ1v) is 21.8. The highest BCUT2D eigenvalue weighted by Gasteiger charge is 2.23. The molecule has 0 bridgehead atoms. The number of hydrogen-bond acceptors (Lipinski definition) is 2. The van der Waals surface area contributed by atoms with Crippen LogP contribution in [0.2, 0.25) is 0 Å². The van der Waals surface area contributed by atoms with Crippen molar-refractivity contribution in [3.63, 3.8) is 0 Å². The lowest BCUT2D eigenvalue weighted by molar-refractivity contribution is -0.571. The average Bonchev–Trinajstić information content (AvgIpc) is 4.00. The van der Waals surface area contributed by atoms with Crippen LogP contribution in [-0.4, -0.2) is 18.7 Å². The van der Waals surface area contributed by atoms with Gasteiger partial charge in [0.05, 0.1) is 44.5 Å². The van der Waals surface area contributed by atoms with Crippen LogP contribution in [0.3, 0.4) is 0 Å². The summed E-state index contributed by atoms with van der Waals surface area (Å²) in [6.07, 6.45) is 3.70. The number of ether oxygens (including phenoxy) is 1. The van der Waals surface area contributed by atoms with Crippen molar-refractivity contribution in [1.29, 1.82) is 0 Å². The van der Waals surface area contributed by atoms with Crippen LogP contribution >= 0.6 is 0 Å². The molecule has 4 heterocycles. The van der Waals surface area contributed by atoms with E-state index in [1.807, 2.05) is 12.1 Å². The Balaban J connectivity index is 0.978. The number of fused-ring (bicyclic) bond motifs is 7. The highest BCUT2D eigenvalue weighted by atomic mass is 16.5. The molecule has 6 heteroatoms. The first kappa shape index (κ1) is 37.5. The van der Waals surface area contributed by atoms with Gasteiger partial charge >= 0.3 is 0 Å². The Morgan fingerprint density at radius 3 is 1.69 bits per heavy atom. The highest BCUT2D eigenvalue weighted by Crippen LogP contribution is 2.38. The minimum atomic E-state index is -0.143. The lowest BCUT2D eigenvalue weighted by atomic mass is 9.87. The zero-order valence-corrected chi connectivity index (χ0v) is 35.8. The van der Waals surface area contributed by atoms with Crippen LogP contribution in [0.5, 0.6) is 11.5 Å². The van der Waals surface area contributed by atoms with Gasteiger partial charge in [0.25, 0.3) is 6.33 Å². The molecule has 0 radical (unpaired) electrons. The van der Waals surface area contributed by atoms with Crippen LogP contribution in [0, 0.1) is 6.33 Å². The minimum absolute atomic E-state index is 0.143. The van der Waals surface area contributed by atoms with Crippen molar-refractivity contribution in [2.45, 2.75) is 26.2 Å². The molecule has 0 saturated carbocycles. The summed E-state index contributed by atoms with van der Waals surface area (Å²) in [6, 6.07) is 72.5. The van der Waals surface area contributed by atoms with Gasteiger partial charge in [-0.1, -0.05) is 154 Å². The van der Waals surface area contributed by atoms with Gasteiger partial charge in [-0.3, -0.25) is 18.3 Å². The normalized spacial score (nSPS) is 12.0. The van der Waals surface area contributed by atoms with E-state index in [0.717, 1.165) is 89.5 Å². The maximum atomic E-state index is 6.80. The fourth-order valence-electron chi connectivity index (χ4n) is 9.38. The van der Waals surface area contributed by atoms with E-state index in [0.29, 0.717) is 0 Å². The maximum absolute atomic E-state index is 6.80. The number of pyridine rings is 1. The van der Waals surface area contributed by atoms with Crippen molar-refractivity contribution in [2.75, 3.05) is 0 Å². The Labute approximate surface area is 371 Å². The monoisotopic (exact) mass is 825 g/mol. The van der Waals surface area contributed by atoms with Crippen LogP contribution in [-0.2, 0) is 5.41 Å². The predicted octanol–water partition coefficient (Wildman–Crippen LogP) is 14.1. The molecular weight excluding hydrogens is 783 g/mol. The van der Waals surface area contributed by atoms with Gasteiger partial charge in [0.15, 0.2) is 0 Å². The molecule has 0 aliphatic heterocycles. The van der Waals surface area contributed by atoms with Crippen molar-refractivity contribution >= 4 is 54.6 Å². The second-order valence-corrected chi connectivity index (χ2v) is 17.5. The van der Waals surface area contributed by atoms with Crippen LogP contribution in [0.1, 0.15) is 26.3 Å². The van der Waals surface area contributed by atoms with Crippen LogP contribution in [0.4, 0.5) is 0 Å². The lowest BCUT2D eigenvalue weighted by Crippen LogP contribution is -2.30. The number of nitrogens with zero attached hydrogens (tertiary/aromatic N) is 5. The Kier molecular flexibility index (Phi) is 8.63. The Morgan fingerprint density at radius 2 is 1.02 bits per heavy atom. The average molecular weight is 826 g/mol. The molecule has 0 amide bonds.